The fourth-order valence-corrected chi connectivity index (χ4v) is 6.67. The average molecular weight is 519 g/mol. The number of benzene rings is 3. The largest absolute Gasteiger partial charge is 0.448 e. The van der Waals surface area contributed by atoms with Crippen molar-refractivity contribution < 1.29 is 27.8 Å². The first-order valence-corrected chi connectivity index (χ1v) is 12.7. The number of carbonyl (C=O) groups excluding carboxylic acids is 1. The second kappa shape index (κ2) is 8.88. The lowest BCUT2D eigenvalue weighted by Crippen LogP contribution is -2.52. The van der Waals surface area contributed by atoms with E-state index in [1.165, 1.54) is 12.1 Å². The number of fused-ring (bicyclic) bond motifs is 5. The summed E-state index contributed by atoms with van der Waals surface area (Å²) < 4.78 is 47.4. The van der Waals surface area contributed by atoms with E-state index >= 15 is 0 Å². The van der Waals surface area contributed by atoms with Gasteiger partial charge in [0.05, 0.1) is 22.8 Å². The Hall–Kier alpha value is -3.83. The molecule has 1 amide bonds. The minimum atomic E-state index is -4.72. The molecule has 38 heavy (non-hydrogen) atoms. The number of rotatable bonds is 3. The average Bonchev–Trinajstić information content (AvgIpc) is 3.38. The number of nitrogens with zero attached hydrogens (tertiary/aromatic N) is 2. The molecule has 1 aliphatic carbocycles. The van der Waals surface area contributed by atoms with E-state index in [0.717, 1.165) is 28.3 Å². The summed E-state index contributed by atoms with van der Waals surface area (Å²) in [6, 6.07) is 20.2. The van der Waals surface area contributed by atoms with Gasteiger partial charge in [-0.25, -0.2) is 4.79 Å². The highest BCUT2D eigenvalue weighted by Crippen LogP contribution is 2.49. The number of alkyl halides is 3. The van der Waals surface area contributed by atoms with Crippen LogP contribution in [0.4, 0.5) is 18.0 Å². The zero-order valence-electron chi connectivity index (χ0n) is 20.4. The molecule has 2 fully saturated rings. The maximum absolute atomic E-state index is 13.9. The van der Waals surface area contributed by atoms with Gasteiger partial charge in [-0.05, 0) is 52.8 Å². The maximum Gasteiger partial charge on any atom is 0.416 e. The number of nitriles is 1. The number of piperidine rings is 1. The van der Waals surface area contributed by atoms with Crippen molar-refractivity contribution in [2.24, 2.45) is 0 Å². The summed E-state index contributed by atoms with van der Waals surface area (Å²) in [4.78, 5) is 14.9. The van der Waals surface area contributed by atoms with Crippen LogP contribution in [0.15, 0.2) is 66.7 Å². The number of aliphatic hydroxyl groups is 1. The summed E-state index contributed by atoms with van der Waals surface area (Å²) >= 11 is 0. The third-order valence-corrected chi connectivity index (χ3v) is 8.27. The molecule has 0 aromatic heterocycles. The van der Waals surface area contributed by atoms with E-state index in [1.54, 1.807) is 11.0 Å². The Kier molecular flexibility index (Phi) is 5.73. The molecule has 2 bridgehead atoms. The van der Waals surface area contributed by atoms with E-state index in [2.05, 4.69) is 12.1 Å². The lowest BCUT2D eigenvalue weighted by Gasteiger charge is -2.44. The zero-order valence-corrected chi connectivity index (χ0v) is 20.4. The molecule has 0 saturated carbocycles. The fourth-order valence-electron chi connectivity index (χ4n) is 6.67. The molecule has 0 radical (unpaired) electrons. The van der Waals surface area contributed by atoms with Crippen LogP contribution in [0.5, 0.6) is 0 Å². The first kappa shape index (κ1) is 24.5. The van der Waals surface area contributed by atoms with E-state index < -0.39 is 35.5 Å². The summed E-state index contributed by atoms with van der Waals surface area (Å²) in [7, 11) is 0. The molecule has 1 N–H and O–H groups in total. The van der Waals surface area contributed by atoms with Crippen molar-refractivity contribution in [3.05, 3.63) is 94.5 Å². The van der Waals surface area contributed by atoms with E-state index in [0.29, 0.717) is 12.8 Å². The van der Waals surface area contributed by atoms with Crippen LogP contribution < -0.4 is 0 Å². The molecule has 5 nitrogen and oxygen atoms in total. The number of ether oxygens (including phenoxy) is 1. The summed E-state index contributed by atoms with van der Waals surface area (Å²) in [5.74, 6) is -0.0984. The van der Waals surface area contributed by atoms with Crippen LogP contribution in [0.2, 0.25) is 0 Å². The van der Waals surface area contributed by atoms with Gasteiger partial charge in [-0.3, -0.25) is 0 Å². The predicted octanol–water partition coefficient (Wildman–Crippen LogP) is 6.34. The Bertz CT molecular complexity index is 1400. The van der Waals surface area contributed by atoms with E-state index in [9.17, 15) is 23.1 Å². The van der Waals surface area contributed by atoms with Crippen molar-refractivity contribution in [2.75, 3.05) is 6.61 Å². The van der Waals surface area contributed by atoms with Gasteiger partial charge in [0.15, 0.2) is 0 Å². The van der Waals surface area contributed by atoms with Gasteiger partial charge in [-0.15, -0.1) is 0 Å². The lowest BCUT2D eigenvalue weighted by atomic mass is 9.78. The van der Waals surface area contributed by atoms with Crippen molar-refractivity contribution in [1.82, 2.24) is 4.90 Å². The molecular formula is C30H25F3N2O3. The molecule has 8 heteroatoms. The predicted molar refractivity (Wildman–Crippen MR) is 133 cm³/mol. The molecule has 2 unspecified atom stereocenters. The Morgan fingerprint density at radius 1 is 1.00 bits per heavy atom. The zero-order chi connectivity index (χ0) is 26.7. The molecule has 194 valence electrons. The number of carbonyl (C=O) groups is 1. The molecule has 6 rings (SSSR count). The SMILES string of the molecule is N#Cc1ccc(C2(O)CC3CCC(C2)N3C(=O)OCC2c3ccccc3-c3ccccc32)c(C(F)(F)F)c1. The molecule has 2 aliphatic heterocycles. The first-order chi connectivity index (χ1) is 18.2. The summed E-state index contributed by atoms with van der Waals surface area (Å²) in [5, 5.41) is 20.6. The summed E-state index contributed by atoms with van der Waals surface area (Å²) in [6.45, 7) is 0.154. The number of amides is 1. The Balaban J connectivity index is 1.21. The van der Waals surface area contributed by atoms with Gasteiger partial charge in [0.1, 0.15) is 6.61 Å². The normalized spacial score (nSPS) is 24.0. The number of halogens is 3. The van der Waals surface area contributed by atoms with Gasteiger partial charge < -0.3 is 14.7 Å². The molecule has 0 spiro atoms. The number of hydrogen-bond acceptors (Lipinski definition) is 4. The van der Waals surface area contributed by atoms with Crippen LogP contribution in [-0.2, 0) is 16.5 Å². The van der Waals surface area contributed by atoms with Gasteiger partial charge in [-0.1, -0.05) is 54.6 Å². The van der Waals surface area contributed by atoms with Gasteiger partial charge in [0.2, 0.25) is 0 Å². The molecule has 2 heterocycles. The highest BCUT2D eigenvalue weighted by molar-refractivity contribution is 5.79. The maximum atomic E-state index is 13.9. The first-order valence-electron chi connectivity index (χ1n) is 12.7. The van der Waals surface area contributed by atoms with Gasteiger partial charge in [0.25, 0.3) is 0 Å². The van der Waals surface area contributed by atoms with Crippen LogP contribution in [0.25, 0.3) is 11.1 Å². The van der Waals surface area contributed by atoms with E-state index in [4.69, 9.17) is 10.00 Å². The van der Waals surface area contributed by atoms with Crippen molar-refractivity contribution in [1.29, 1.82) is 5.26 Å². The molecule has 2 atom stereocenters. The van der Waals surface area contributed by atoms with Crippen molar-refractivity contribution in [3.63, 3.8) is 0 Å². The minimum absolute atomic E-state index is 0.0251. The Morgan fingerprint density at radius 2 is 1.58 bits per heavy atom. The van der Waals surface area contributed by atoms with Crippen LogP contribution in [0.1, 0.15) is 59.4 Å². The minimum Gasteiger partial charge on any atom is -0.448 e. The smallest absolute Gasteiger partial charge is 0.416 e. The van der Waals surface area contributed by atoms with Crippen LogP contribution in [-0.4, -0.2) is 34.8 Å². The molecule has 2 saturated heterocycles. The van der Waals surface area contributed by atoms with E-state index in [1.807, 2.05) is 36.4 Å². The van der Waals surface area contributed by atoms with Crippen LogP contribution >= 0.6 is 0 Å². The topological polar surface area (TPSA) is 73.6 Å². The highest BCUT2D eigenvalue weighted by atomic mass is 19.4. The second-order valence-electron chi connectivity index (χ2n) is 10.4. The lowest BCUT2D eigenvalue weighted by molar-refractivity contribution is -0.142. The third kappa shape index (κ3) is 3.93. The standard InChI is InChI=1S/C30H25F3N2O3/c31-30(32,33)27-13-18(16-34)9-12-26(27)29(37)14-19-10-11-20(15-29)35(19)28(36)38-17-25-23-7-3-1-5-21(23)22-6-2-4-8-24(22)25/h1-9,12-13,19-20,25,37H,10-11,14-15,17H2. The molecule has 3 aromatic rings. The summed E-state index contributed by atoms with van der Waals surface area (Å²) in [5.41, 5.74) is 1.30. The van der Waals surface area contributed by atoms with Gasteiger partial charge in [0, 0.05) is 30.8 Å². The number of hydrogen-bond donors (Lipinski definition) is 1. The van der Waals surface area contributed by atoms with Gasteiger partial charge in [-0.2, -0.15) is 18.4 Å². The Morgan fingerprint density at radius 3 is 2.13 bits per heavy atom. The fraction of sp³-hybridized carbons (Fsp3) is 0.333. The van der Waals surface area contributed by atoms with Gasteiger partial charge >= 0.3 is 12.3 Å². The Labute approximate surface area is 218 Å². The summed E-state index contributed by atoms with van der Waals surface area (Å²) in [6.07, 6.45) is -4.12. The van der Waals surface area contributed by atoms with Crippen molar-refractivity contribution in [2.45, 2.75) is 55.5 Å². The van der Waals surface area contributed by atoms with Crippen LogP contribution in [0.3, 0.4) is 0 Å². The molecule has 3 aliphatic rings. The quantitative estimate of drug-likeness (QED) is 0.439. The van der Waals surface area contributed by atoms with Crippen molar-refractivity contribution >= 4 is 6.09 Å². The highest BCUT2D eigenvalue weighted by Gasteiger charge is 2.53. The van der Waals surface area contributed by atoms with E-state index in [-0.39, 0.29) is 36.5 Å². The monoisotopic (exact) mass is 518 g/mol. The van der Waals surface area contributed by atoms with Crippen LogP contribution in [0, 0.1) is 11.3 Å². The second-order valence-corrected chi connectivity index (χ2v) is 10.4. The van der Waals surface area contributed by atoms with Crippen molar-refractivity contribution in [3.8, 4) is 17.2 Å². The molecular weight excluding hydrogens is 493 g/mol. The third-order valence-electron chi connectivity index (χ3n) is 8.27. The molecule has 3 aromatic carbocycles.